The van der Waals surface area contributed by atoms with Crippen LogP contribution in [0.2, 0.25) is 10.0 Å². The van der Waals surface area contributed by atoms with Crippen LogP contribution in [0.1, 0.15) is 0 Å². The van der Waals surface area contributed by atoms with E-state index >= 15 is 0 Å². The van der Waals surface area contributed by atoms with E-state index in [1.807, 2.05) is 42.5 Å². The predicted octanol–water partition coefficient (Wildman–Crippen LogP) is 5.42. The summed E-state index contributed by atoms with van der Waals surface area (Å²) in [6, 6.07) is 13.4. The third-order valence-corrected chi connectivity index (χ3v) is 3.32. The summed E-state index contributed by atoms with van der Waals surface area (Å²) in [4.78, 5) is 0. The first-order chi connectivity index (χ1) is 7.18. The summed E-state index contributed by atoms with van der Waals surface area (Å²) >= 11 is 15.5. The number of hydrogen-bond donors (Lipinski definition) is 0. The molecule has 2 rings (SSSR count). The second-order valence-electron chi connectivity index (χ2n) is 3.10. The third-order valence-electron chi connectivity index (χ3n) is 2.10. The van der Waals surface area contributed by atoms with Gasteiger partial charge in [0.2, 0.25) is 0 Å². The minimum Gasteiger partial charge on any atom is -0.0843 e. The first kappa shape index (κ1) is 11.0. The highest BCUT2D eigenvalue weighted by Crippen LogP contribution is 2.34. The Hall–Kier alpha value is -0.500. The van der Waals surface area contributed by atoms with Crippen molar-refractivity contribution in [1.82, 2.24) is 0 Å². The molecule has 0 bridgehead atoms. The summed E-state index contributed by atoms with van der Waals surface area (Å²) in [6.45, 7) is 0. The maximum Gasteiger partial charge on any atom is 0.0495 e. The van der Waals surface area contributed by atoms with Gasteiger partial charge in [0.05, 0.1) is 0 Å². The van der Waals surface area contributed by atoms with Crippen LogP contribution in [0.4, 0.5) is 0 Å². The van der Waals surface area contributed by atoms with E-state index in [2.05, 4.69) is 15.9 Å². The largest absolute Gasteiger partial charge is 0.0843 e. The van der Waals surface area contributed by atoms with E-state index in [0.717, 1.165) is 25.6 Å². The van der Waals surface area contributed by atoms with E-state index in [1.165, 1.54) is 0 Å². The molecule has 0 aromatic heterocycles. The number of halogens is 3. The van der Waals surface area contributed by atoms with Crippen LogP contribution in [-0.2, 0) is 0 Å². The molecule has 0 aliphatic carbocycles. The monoisotopic (exact) mass is 300 g/mol. The normalized spacial score (nSPS) is 10.3. The molecule has 0 amide bonds. The molecule has 0 heterocycles. The topological polar surface area (TPSA) is 0 Å². The van der Waals surface area contributed by atoms with Crippen molar-refractivity contribution in [3.05, 3.63) is 57.0 Å². The molecule has 0 radical (unpaired) electrons. The van der Waals surface area contributed by atoms with Crippen molar-refractivity contribution in [1.29, 1.82) is 0 Å². The van der Waals surface area contributed by atoms with Crippen molar-refractivity contribution in [2.45, 2.75) is 0 Å². The Labute approximate surface area is 107 Å². The van der Waals surface area contributed by atoms with Gasteiger partial charge in [0, 0.05) is 20.1 Å². The zero-order chi connectivity index (χ0) is 10.8. The summed E-state index contributed by atoms with van der Waals surface area (Å²) in [5.41, 5.74) is 2.05. The molecular formula is C12H7BrCl2. The standard InChI is InChI=1S/C12H7BrCl2/c13-10-2-1-3-11(15)12(10)8-4-6-9(14)7-5-8/h1-7H. The molecular weight excluding hydrogens is 295 g/mol. The molecule has 0 atom stereocenters. The van der Waals surface area contributed by atoms with Gasteiger partial charge in [-0.25, -0.2) is 0 Å². The van der Waals surface area contributed by atoms with Crippen LogP contribution in [0.15, 0.2) is 46.9 Å². The van der Waals surface area contributed by atoms with E-state index < -0.39 is 0 Å². The van der Waals surface area contributed by atoms with Crippen LogP contribution in [0.25, 0.3) is 11.1 Å². The molecule has 0 aliphatic heterocycles. The molecule has 3 heteroatoms. The Bertz CT molecular complexity index is 457. The molecule has 0 N–H and O–H groups in total. The molecule has 0 fully saturated rings. The van der Waals surface area contributed by atoms with Crippen molar-refractivity contribution in [3.63, 3.8) is 0 Å². The Morgan fingerprint density at radius 3 is 2.13 bits per heavy atom. The van der Waals surface area contributed by atoms with E-state index in [-0.39, 0.29) is 0 Å². The smallest absolute Gasteiger partial charge is 0.0495 e. The first-order valence-electron chi connectivity index (χ1n) is 4.38. The Balaban J connectivity index is 2.58. The van der Waals surface area contributed by atoms with Crippen molar-refractivity contribution in [2.75, 3.05) is 0 Å². The highest BCUT2D eigenvalue weighted by molar-refractivity contribution is 9.10. The number of hydrogen-bond acceptors (Lipinski definition) is 0. The summed E-state index contributed by atoms with van der Waals surface area (Å²) in [7, 11) is 0. The molecule has 76 valence electrons. The number of benzene rings is 2. The SMILES string of the molecule is Clc1ccc(-c2c(Cl)cccc2Br)cc1. The van der Waals surface area contributed by atoms with Crippen LogP contribution >= 0.6 is 39.1 Å². The lowest BCUT2D eigenvalue weighted by molar-refractivity contribution is 1.58. The molecule has 0 saturated heterocycles. The van der Waals surface area contributed by atoms with Crippen molar-refractivity contribution < 1.29 is 0 Å². The quantitative estimate of drug-likeness (QED) is 0.659. The minimum absolute atomic E-state index is 0.724. The average molecular weight is 302 g/mol. The molecule has 2 aromatic rings. The van der Waals surface area contributed by atoms with Crippen molar-refractivity contribution in [2.24, 2.45) is 0 Å². The van der Waals surface area contributed by atoms with Gasteiger partial charge in [0.15, 0.2) is 0 Å². The van der Waals surface area contributed by atoms with Crippen LogP contribution < -0.4 is 0 Å². The first-order valence-corrected chi connectivity index (χ1v) is 5.93. The van der Waals surface area contributed by atoms with Crippen LogP contribution in [0.3, 0.4) is 0 Å². The average Bonchev–Trinajstić information content (AvgIpc) is 2.20. The van der Waals surface area contributed by atoms with Crippen LogP contribution in [-0.4, -0.2) is 0 Å². The second kappa shape index (κ2) is 4.56. The summed E-state index contributed by atoms with van der Waals surface area (Å²) < 4.78 is 0.984. The van der Waals surface area contributed by atoms with Crippen molar-refractivity contribution in [3.8, 4) is 11.1 Å². The molecule has 0 unspecified atom stereocenters. The van der Waals surface area contributed by atoms with E-state index in [4.69, 9.17) is 23.2 Å². The van der Waals surface area contributed by atoms with E-state index in [0.29, 0.717) is 0 Å². The Kier molecular flexibility index (Phi) is 3.35. The van der Waals surface area contributed by atoms with Crippen LogP contribution in [0, 0.1) is 0 Å². The fraction of sp³-hybridized carbons (Fsp3) is 0. The van der Waals surface area contributed by atoms with Gasteiger partial charge in [-0.05, 0) is 29.8 Å². The van der Waals surface area contributed by atoms with Crippen molar-refractivity contribution >= 4 is 39.1 Å². The molecule has 0 aliphatic rings. The highest BCUT2D eigenvalue weighted by atomic mass is 79.9. The van der Waals surface area contributed by atoms with Gasteiger partial charge in [-0.3, -0.25) is 0 Å². The molecule has 0 spiro atoms. The molecule has 0 nitrogen and oxygen atoms in total. The Morgan fingerprint density at radius 1 is 0.867 bits per heavy atom. The van der Waals surface area contributed by atoms with Gasteiger partial charge < -0.3 is 0 Å². The van der Waals surface area contributed by atoms with Gasteiger partial charge in [-0.15, -0.1) is 0 Å². The molecule has 0 saturated carbocycles. The maximum absolute atomic E-state index is 6.14. The molecule has 15 heavy (non-hydrogen) atoms. The van der Waals surface area contributed by atoms with E-state index in [9.17, 15) is 0 Å². The fourth-order valence-electron chi connectivity index (χ4n) is 1.39. The second-order valence-corrected chi connectivity index (χ2v) is 4.80. The predicted molar refractivity (Wildman–Crippen MR) is 69.6 cm³/mol. The minimum atomic E-state index is 0.724. The Morgan fingerprint density at radius 2 is 1.53 bits per heavy atom. The maximum atomic E-state index is 6.14. The summed E-state index contributed by atoms with van der Waals surface area (Å²) in [5, 5.41) is 1.45. The van der Waals surface area contributed by atoms with Gasteiger partial charge in [-0.2, -0.15) is 0 Å². The zero-order valence-corrected chi connectivity index (χ0v) is 10.8. The van der Waals surface area contributed by atoms with Gasteiger partial charge >= 0.3 is 0 Å². The van der Waals surface area contributed by atoms with Crippen LogP contribution in [0.5, 0.6) is 0 Å². The lowest BCUT2D eigenvalue weighted by atomic mass is 10.1. The summed E-state index contributed by atoms with van der Waals surface area (Å²) in [5.74, 6) is 0. The highest BCUT2D eigenvalue weighted by Gasteiger charge is 2.06. The lowest BCUT2D eigenvalue weighted by Gasteiger charge is -2.06. The third kappa shape index (κ3) is 2.36. The van der Waals surface area contributed by atoms with E-state index in [1.54, 1.807) is 0 Å². The van der Waals surface area contributed by atoms with Gasteiger partial charge in [-0.1, -0.05) is 57.3 Å². The number of rotatable bonds is 1. The zero-order valence-electron chi connectivity index (χ0n) is 7.68. The van der Waals surface area contributed by atoms with Gasteiger partial charge in [0.25, 0.3) is 0 Å². The van der Waals surface area contributed by atoms with Gasteiger partial charge in [0.1, 0.15) is 0 Å². The fourth-order valence-corrected chi connectivity index (χ4v) is 2.51. The molecule has 2 aromatic carbocycles. The lowest BCUT2D eigenvalue weighted by Crippen LogP contribution is -1.81. The summed E-state index contributed by atoms with van der Waals surface area (Å²) in [6.07, 6.45) is 0.